The van der Waals surface area contributed by atoms with E-state index in [-0.39, 0.29) is 0 Å². The van der Waals surface area contributed by atoms with E-state index >= 15 is 0 Å². The Bertz CT molecular complexity index is 234. The van der Waals surface area contributed by atoms with Crippen molar-refractivity contribution in [3.63, 3.8) is 0 Å². The van der Waals surface area contributed by atoms with Crippen LogP contribution >= 0.6 is 0 Å². The maximum atomic E-state index is 10.4. The first kappa shape index (κ1) is 6.81. The van der Waals surface area contributed by atoms with Crippen LogP contribution < -0.4 is 0 Å². The van der Waals surface area contributed by atoms with Crippen LogP contribution in [0.5, 0.6) is 0 Å². The summed E-state index contributed by atoms with van der Waals surface area (Å²) < 4.78 is 0. The van der Waals surface area contributed by atoms with Crippen molar-refractivity contribution in [2.45, 2.75) is 6.42 Å². The van der Waals surface area contributed by atoms with Gasteiger partial charge in [0.1, 0.15) is 0 Å². The summed E-state index contributed by atoms with van der Waals surface area (Å²) in [5, 5.41) is 8.51. The van der Waals surface area contributed by atoms with Crippen molar-refractivity contribution in [2.75, 3.05) is 0 Å². The molecule has 0 aromatic carbocycles. The third-order valence-corrected chi connectivity index (χ3v) is 1.32. The molecule has 2 heteroatoms. The van der Waals surface area contributed by atoms with E-state index in [0.717, 1.165) is 5.57 Å². The first-order valence-electron chi connectivity index (χ1n) is 2.98. The lowest BCUT2D eigenvalue weighted by molar-refractivity contribution is -0.132. The molecular weight excluding hydrogens is 128 g/mol. The molecule has 1 aliphatic rings. The Hall–Kier alpha value is -1.31. The minimum Gasteiger partial charge on any atom is -0.478 e. The number of hydrogen-bond donors (Lipinski definition) is 1. The standard InChI is InChI=1S/C8H8O2/c1-6-3-2-4-7(5-6)8(9)10/h2-4H,1,5H2,(H,9,10). The highest BCUT2D eigenvalue weighted by Crippen LogP contribution is 2.15. The van der Waals surface area contributed by atoms with E-state index in [1.165, 1.54) is 0 Å². The molecule has 10 heavy (non-hydrogen) atoms. The zero-order valence-electron chi connectivity index (χ0n) is 5.50. The summed E-state index contributed by atoms with van der Waals surface area (Å²) >= 11 is 0. The number of allylic oxidation sites excluding steroid dienone is 4. The third kappa shape index (κ3) is 1.35. The van der Waals surface area contributed by atoms with Gasteiger partial charge in [0.05, 0.1) is 0 Å². The van der Waals surface area contributed by atoms with Gasteiger partial charge in [-0.3, -0.25) is 0 Å². The molecule has 0 aromatic heterocycles. The molecule has 0 bridgehead atoms. The molecule has 0 radical (unpaired) electrons. The molecule has 0 heterocycles. The van der Waals surface area contributed by atoms with Gasteiger partial charge < -0.3 is 5.11 Å². The molecule has 0 aromatic rings. The monoisotopic (exact) mass is 136 g/mol. The van der Waals surface area contributed by atoms with Gasteiger partial charge in [-0.2, -0.15) is 0 Å². The topological polar surface area (TPSA) is 37.3 Å². The second kappa shape index (κ2) is 2.52. The van der Waals surface area contributed by atoms with Gasteiger partial charge >= 0.3 is 5.97 Å². The normalized spacial score (nSPS) is 16.8. The molecule has 1 N–H and O–H groups in total. The minimum absolute atomic E-state index is 0.410. The highest BCUT2D eigenvalue weighted by molar-refractivity contribution is 5.88. The van der Waals surface area contributed by atoms with E-state index in [2.05, 4.69) is 6.58 Å². The van der Waals surface area contributed by atoms with Crippen LogP contribution in [0.15, 0.2) is 36.0 Å². The summed E-state index contributed by atoms with van der Waals surface area (Å²) in [5.41, 5.74) is 1.26. The largest absolute Gasteiger partial charge is 0.478 e. The summed E-state index contributed by atoms with van der Waals surface area (Å²) in [5.74, 6) is -0.856. The molecule has 0 saturated carbocycles. The van der Waals surface area contributed by atoms with Crippen LogP contribution in [0, 0.1) is 0 Å². The predicted octanol–water partition coefficient (Wildman–Crippen LogP) is 1.51. The second-order valence-corrected chi connectivity index (χ2v) is 2.19. The van der Waals surface area contributed by atoms with Gasteiger partial charge in [0.2, 0.25) is 0 Å². The Morgan fingerprint density at radius 1 is 1.70 bits per heavy atom. The van der Waals surface area contributed by atoms with Crippen LogP contribution in [0.4, 0.5) is 0 Å². The van der Waals surface area contributed by atoms with Crippen LogP contribution in [-0.2, 0) is 4.79 Å². The van der Waals surface area contributed by atoms with Crippen LogP contribution in [0.25, 0.3) is 0 Å². The molecular formula is C8H8O2. The van der Waals surface area contributed by atoms with Crippen molar-refractivity contribution in [1.82, 2.24) is 0 Å². The molecule has 1 rings (SSSR count). The van der Waals surface area contributed by atoms with Crippen molar-refractivity contribution in [2.24, 2.45) is 0 Å². The van der Waals surface area contributed by atoms with Crippen molar-refractivity contribution in [3.8, 4) is 0 Å². The SMILES string of the molecule is C=C1C=CC=C(C(=O)O)C1. The smallest absolute Gasteiger partial charge is 0.331 e. The van der Waals surface area contributed by atoms with Gasteiger partial charge in [-0.05, 0) is 0 Å². The van der Waals surface area contributed by atoms with Gasteiger partial charge in [-0.15, -0.1) is 0 Å². The van der Waals surface area contributed by atoms with E-state index in [4.69, 9.17) is 5.11 Å². The summed E-state index contributed by atoms with van der Waals surface area (Å²) in [6, 6.07) is 0. The zero-order chi connectivity index (χ0) is 7.56. The lowest BCUT2D eigenvalue weighted by atomic mass is 10.0. The minimum atomic E-state index is -0.856. The predicted molar refractivity (Wildman–Crippen MR) is 38.6 cm³/mol. The summed E-state index contributed by atoms with van der Waals surface area (Å²) in [6.45, 7) is 3.66. The number of aliphatic carboxylic acids is 1. The molecule has 2 nitrogen and oxygen atoms in total. The molecule has 52 valence electrons. The molecule has 1 aliphatic carbocycles. The van der Waals surface area contributed by atoms with Gasteiger partial charge in [0, 0.05) is 12.0 Å². The molecule has 0 atom stereocenters. The van der Waals surface area contributed by atoms with E-state index < -0.39 is 5.97 Å². The Morgan fingerprint density at radius 2 is 2.40 bits per heavy atom. The number of hydrogen-bond acceptors (Lipinski definition) is 1. The number of rotatable bonds is 1. The van der Waals surface area contributed by atoms with Crippen molar-refractivity contribution < 1.29 is 9.90 Å². The highest BCUT2D eigenvalue weighted by atomic mass is 16.4. The maximum Gasteiger partial charge on any atom is 0.331 e. The van der Waals surface area contributed by atoms with Crippen molar-refractivity contribution in [3.05, 3.63) is 36.0 Å². The fourth-order valence-corrected chi connectivity index (χ4v) is 0.810. The van der Waals surface area contributed by atoms with Gasteiger partial charge in [0.15, 0.2) is 0 Å². The molecule has 0 saturated heterocycles. The summed E-state index contributed by atoms with van der Waals surface area (Å²) in [7, 11) is 0. The first-order valence-corrected chi connectivity index (χ1v) is 2.98. The van der Waals surface area contributed by atoms with Crippen LogP contribution in [-0.4, -0.2) is 11.1 Å². The molecule has 0 unspecified atom stereocenters. The third-order valence-electron chi connectivity index (χ3n) is 1.32. The lowest BCUT2D eigenvalue weighted by Crippen LogP contribution is -2.02. The van der Waals surface area contributed by atoms with Crippen LogP contribution in [0.1, 0.15) is 6.42 Å². The summed E-state index contributed by atoms with van der Waals surface area (Å²) in [6.07, 6.45) is 5.57. The molecule has 0 spiro atoms. The first-order chi connectivity index (χ1) is 4.70. The molecule has 0 amide bonds. The van der Waals surface area contributed by atoms with E-state index in [1.807, 2.05) is 6.08 Å². The van der Waals surface area contributed by atoms with E-state index in [1.54, 1.807) is 12.2 Å². The van der Waals surface area contributed by atoms with Gasteiger partial charge in [0.25, 0.3) is 0 Å². The number of carbonyl (C=O) groups is 1. The average molecular weight is 136 g/mol. The Labute approximate surface area is 59.2 Å². The van der Waals surface area contributed by atoms with Crippen LogP contribution in [0.3, 0.4) is 0 Å². The van der Waals surface area contributed by atoms with E-state index in [0.29, 0.717) is 12.0 Å². The Balaban J connectivity index is 2.80. The second-order valence-electron chi connectivity index (χ2n) is 2.19. The molecule has 0 fully saturated rings. The van der Waals surface area contributed by atoms with E-state index in [9.17, 15) is 4.79 Å². The maximum absolute atomic E-state index is 10.4. The Morgan fingerprint density at radius 3 is 2.80 bits per heavy atom. The number of carboxylic acids is 1. The zero-order valence-corrected chi connectivity index (χ0v) is 5.50. The van der Waals surface area contributed by atoms with Gasteiger partial charge in [-0.1, -0.05) is 30.4 Å². The fourth-order valence-electron chi connectivity index (χ4n) is 0.810. The van der Waals surface area contributed by atoms with Gasteiger partial charge in [-0.25, -0.2) is 4.79 Å². The fraction of sp³-hybridized carbons (Fsp3) is 0.125. The lowest BCUT2D eigenvalue weighted by Gasteiger charge is -2.04. The quantitative estimate of drug-likeness (QED) is 0.593. The van der Waals surface area contributed by atoms with Crippen molar-refractivity contribution >= 4 is 5.97 Å². The average Bonchev–Trinajstić information content (AvgIpc) is 1.88. The summed E-state index contributed by atoms with van der Waals surface area (Å²) in [4.78, 5) is 10.4. The Kier molecular flexibility index (Phi) is 1.71. The highest BCUT2D eigenvalue weighted by Gasteiger charge is 2.08. The van der Waals surface area contributed by atoms with Crippen molar-refractivity contribution in [1.29, 1.82) is 0 Å². The van der Waals surface area contributed by atoms with Crippen LogP contribution in [0.2, 0.25) is 0 Å². The number of carboxylic acid groups (broad SMARTS) is 1. The molecule has 0 aliphatic heterocycles.